The number of hydrogen-bond acceptors (Lipinski definition) is 3. The summed E-state index contributed by atoms with van der Waals surface area (Å²) in [7, 11) is 2.05. The predicted molar refractivity (Wildman–Crippen MR) is 59.2 cm³/mol. The maximum absolute atomic E-state index is 4.42. The van der Waals surface area contributed by atoms with Crippen LogP contribution in [0.3, 0.4) is 0 Å². The Morgan fingerprint density at radius 3 is 2.87 bits per heavy atom. The van der Waals surface area contributed by atoms with E-state index in [0.717, 1.165) is 22.3 Å². The van der Waals surface area contributed by atoms with Crippen molar-refractivity contribution in [3.8, 4) is 5.82 Å². The fourth-order valence-electron chi connectivity index (χ4n) is 1.63. The Hall–Kier alpha value is -2.11. The van der Waals surface area contributed by atoms with Crippen LogP contribution in [0, 0.1) is 0 Å². The minimum atomic E-state index is 0.729. The lowest BCUT2D eigenvalue weighted by molar-refractivity contribution is 0.732. The van der Waals surface area contributed by atoms with Crippen molar-refractivity contribution in [1.82, 2.24) is 25.0 Å². The fraction of sp³-hybridized carbons (Fsp3) is 0. The van der Waals surface area contributed by atoms with E-state index in [9.17, 15) is 0 Å². The van der Waals surface area contributed by atoms with Gasteiger partial charge in [0.15, 0.2) is 5.82 Å². The molecule has 1 N–H and O–H groups in total. The molecular weight excluding hydrogens is 189 g/mol. The third-order valence-corrected chi connectivity index (χ3v) is 2.35. The number of pyridine rings is 1. The zero-order valence-electron chi connectivity index (χ0n) is 8.18. The molecule has 72 valence electrons. The van der Waals surface area contributed by atoms with Crippen LogP contribution in [0.1, 0.15) is 0 Å². The monoisotopic (exact) mass is 197 g/mol. The van der Waals surface area contributed by atoms with Gasteiger partial charge in [-0.2, -0.15) is 10.2 Å². The standard InChI is InChI=1S/C9H8BN5/c10-7-5-8(15-12-3-4-13-15)14-9-6(7)1-2-11-9/h1-5H,10H2,(H,11,14). The molecule has 15 heavy (non-hydrogen) atoms. The normalized spacial score (nSPS) is 10.9. The Morgan fingerprint density at radius 2 is 2.07 bits per heavy atom. The molecule has 0 aliphatic rings. The Labute approximate surface area is 86.5 Å². The van der Waals surface area contributed by atoms with E-state index in [4.69, 9.17) is 0 Å². The van der Waals surface area contributed by atoms with E-state index in [-0.39, 0.29) is 0 Å². The van der Waals surface area contributed by atoms with Gasteiger partial charge in [0.25, 0.3) is 0 Å². The van der Waals surface area contributed by atoms with Gasteiger partial charge in [0, 0.05) is 11.6 Å². The molecule has 3 heterocycles. The number of nitrogens with zero attached hydrogens (tertiary/aromatic N) is 4. The van der Waals surface area contributed by atoms with E-state index in [1.807, 2.05) is 26.2 Å². The first-order valence-corrected chi connectivity index (χ1v) is 4.66. The maximum Gasteiger partial charge on any atom is 0.175 e. The highest BCUT2D eigenvalue weighted by atomic mass is 15.5. The van der Waals surface area contributed by atoms with Crippen molar-refractivity contribution in [2.24, 2.45) is 0 Å². The number of hydrogen-bond donors (Lipinski definition) is 1. The quantitative estimate of drug-likeness (QED) is 0.530. The second kappa shape index (κ2) is 2.95. The van der Waals surface area contributed by atoms with E-state index in [1.165, 1.54) is 4.80 Å². The maximum atomic E-state index is 4.42. The molecule has 0 radical (unpaired) electrons. The van der Waals surface area contributed by atoms with Crippen LogP contribution in [0.2, 0.25) is 0 Å². The molecular formula is C9H8BN5. The number of aromatic nitrogens is 5. The lowest BCUT2D eigenvalue weighted by Crippen LogP contribution is -2.10. The summed E-state index contributed by atoms with van der Waals surface area (Å²) in [6.07, 6.45) is 5.15. The van der Waals surface area contributed by atoms with Gasteiger partial charge >= 0.3 is 0 Å². The van der Waals surface area contributed by atoms with Crippen LogP contribution in [0.15, 0.2) is 30.7 Å². The average molecular weight is 197 g/mol. The summed E-state index contributed by atoms with van der Waals surface area (Å²) in [6, 6.07) is 3.98. The van der Waals surface area contributed by atoms with E-state index in [1.54, 1.807) is 12.4 Å². The van der Waals surface area contributed by atoms with Crippen molar-refractivity contribution in [2.45, 2.75) is 0 Å². The van der Waals surface area contributed by atoms with Gasteiger partial charge in [-0.3, -0.25) is 0 Å². The number of fused-ring (bicyclic) bond motifs is 1. The molecule has 0 saturated carbocycles. The Bertz CT molecular complexity index is 598. The highest BCUT2D eigenvalue weighted by Crippen LogP contribution is 2.08. The largest absolute Gasteiger partial charge is 0.346 e. The molecule has 0 saturated heterocycles. The second-order valence-electron chi connectivity index (χ2n) is 3.36. The average Bonchev–Trinajstić information content (AvgIpc) is 2.88. The molecule has 0 bridgehead atoms. The lowest BCUT2D eigenvalue weighted by Gasteiger charge is -2.01. The Morgan fingerprint density at radius 1 is 1.27 bits per heavy atom. The minimum Gasteiger partial charge on any atom is -0.346 e. The topological polar surface area (TPSA) is 59.4 Å². The van der Waals surface area contributed by atoms with Crippen molar-refractivity contribution in [3.05, 3.63) is 30.7 Å². The van der Waals surface area contributed by atoms with Crippen LogP contribution in [0.5, 0.6) is 0 Å². The molecule has 0 aliphatic carbocycles. The van der Waals surface area contributed by atoms with E-state index < -0.39 is 0 Å². The summed E-state index contributed by atoms with van der Waals surface area (Å²) in [5.74, 6) is 0.729. The Balaban J connectivity index is 2.29. The molecule has 0 fully saturated rings. The molecule has 0 spiro atoms. The van der Waals surface area contributed by atoms with Gasteiger partial charge in [0.2, 0.25) is 0 Å². The summed E-state index contributed by atoms with van der Waals surface area (Å²) < 4.78 is 0. The number of aromatic amines is 1. The molecule has 3 aromatic heterocycles. The van der Waals surface area contributed by atoms with Crippen molar-refractivity contribution >= 4 is 24.3 Å². The van der Waals surface area contributed by atoms with Crippen LogP contribution < -0.4 is 5.46 Å². The highest BCUT2D eigenvalue weighted by Gasteiger charge is 2.05. The zero-order chi connectivity index (χ0) is 10.3. The van der Waals surface area contributed by atoms with Crippen LogP contribution in [-0.2, 0) is 0 Å². The van der Waals surface area contributed by atoms with Crippen LogP contribution >= 0.6 is 0 Å². The summed E-state index contributed by atoms with van der Waals surface area (Å²) >= 11 is 0. The first-order chi connectivity index (χ1) is 7.34. The SMILES string of the molecule is Bc1cc(-n2nccn2)nc2[nH]ccc12. The van der Waals surface area contributed by atoms with Gasteiger partial charge in [-0.15, -0.1) is 4.80 Å². The van der Waals surface area contributed by atoms with Crippen molar-refractivity contribution in [1.29, 1.82) is 0 Å². The van der Waals surface area contributed by atoms with Crippen molar-refractivity contribution in [2.75, 3.05) is 0 Å². The van der Waals surface area contributed by atoms with E-state index >= 15 is 0 Å². The number of nitrogens with one attached hydrogen (secondary N) is 1. The van der Waals surface area contributed by atoms with Gasteiger partial charge in [-0.1, -0.05) is 5.46 Å². The van der Waals surface area contributed by atoms with E-state index in [2.05, 4.69) is 20.2 Å². The minimum absolute atomic E-state index is 0.729. The molecule has 0 atom stereocenters. The third kappa shape index (κ3) is 1.22. The van der Waals surface area contributed by atoms with Crippen LogP contribution in [0.25, 0.3) is 16.9 Å². The first kappa shape index (κ1) is 8.22. The van der Waals surface area contributed by atoms with Gasteiger partial charge in [0.05, 0.1) is 12.4 Å². The van der Waals surface area contributed by atoms with Crippen LogP contribution in [0.4, 0.5) is 0 Å². The molecule has 0 unspecified atom stereocenters. The lowest BCUT2D eigenvalue weighted by atomic mass is 9.94. The number of H-pyrrole nitrogens is 1. The second-order valence-corrected chi connectivity index (χ2v) is 3.36. The molecule has 3 rings (SSSR count). The highest BCUT2D eigenvalue weighted by molar-refractivity contribution is 6.38. The predicted octanol–water partition coefficient (Wildman–Crippen LogP) is -0.598. The molecule has 0 aliphatic heterocycles. The number of rotatable bonds is 1. The molecule has 5 nitrogen and oxygen atoms in total. The summed E-state index contributed by atoms with van der Waals surface area (Å²) in [6.45, 7) is 0. The van der Waals surface area contributed by atoms with Crippen molar-refractivity contribution < 1.29 is 0 Å². The van der Waals surface area contributed by atoms with Crippen LogP contribution in [-0.4, -0.2) is 32.8 Å². The zero-order valence-corrected chi connectivity index (χ0v) is 8.18. The molecule has 3 aromatic rings. The van der Waals surface area contributed by atoms with Gasteiger partial charge in [0.1, 0.15) is 13.5 Å². The third-order valence-electron chi connectivity index (χ3n) is 2.35. The molecule has 6 heteroatoms. The molecule has 0 amide bonds. The van der Waals surface area contributed by atoms with Gasteiger partial charge in [-0.05, 0) is 12.1 Å². The summed E-state index contributed by atoms with van der Waals surface area (Å²) in [5.41, 5.74) is 2.02. The summed E-state index contributed by atoms with van der Waals surface area (Å²) in [5, 5.41) is 9.23. The Kier molecular flexibility index (Phi) is 1.61. The molecule has 0 aromatic carbocycles. The van der Waals surface area contributed by atoms with Gasteiger partial charge in [-0.25, -0.2) is 4.98 Å². The summed E-state index contributed by atoms with van der Waals surface area (Å²) in [4.78, 5) is 9.01. The fourth-order valence-corrected chi connectivity index (χ4v) is 1.63. The first-order valence-electron chi connectivity index (χ1n) is 4.66. The van der Waals surface area contributed by atoms with Crippen molar-refractivity contribution in [3.63, 3.8) is 0 Å². The van der Waals surface area contributed by atoms with Gasteiger partial charge < -0.3 is 4.98 Å². The smallest absolute Gasteiger partial charge is 0.175 e. The van der Waals surface area contributed by atoms with E-state index in [0.29, 0.717) is 0 Å².